The van der Waals surface area contributed by atoms with Gasteiger partial charge in [-0.2, -0.15) is 0 Å². The molecule has 0 aliphatic carbocycles. The fraction of sp³-hybridized carbons (Fsp3) is 0.240. The number of hydrogen-bond acceptors (Lipinski definition) is 5. The molecule has 7 heteroatoms. The van der Waals surface area contributed by atoms with Gasteiger partial charge in [-0.05, 0) is 53.6 Å². The molecule has 1 aliphatic heterocycles. The predicted octanol–water partition coefficient (Wildman–Crippen LogP) is 2.98. The van der Waals surface area contributed by atoms with Crippen molar-refractivity contribution >= 4 is 17.2 Å². The number of hydrogen-bond donors (Lipinski definition) is 1. The molecule has 0 bridgehead atoms. The topological polar surface area (TPSA) is 65.8 Å². The molecule has 0 atom stereocenters. The lowest BCUT2D eigenvalue weighted by Crippen LogP contribution is -2.46. The lowest BCUT2D eigenvalue weighted by molar-refractivity contribution is 0.0950. The summed E-state index contributed by atoms with van der Waals surface area (Å²) >= 11 is 0. The fourth-order valence-electron chi connectivity index (χ4n) is 4.15. The molecular weight excluding hydrogens is 400 g/mol. The van der Waals surface area contributed by atoms with Crippen LogP contribution in [0, 0.1) is 0 Å². The van der Waals surface area contributed by atoms with Gasteiger partial charge in [0.25, 0.3) is 5.91 Å². The summed E-state index contributed by atoms with van der Waals surface area (Å²) in [7, 11) is 0. The molecule has 32 heavy (non-hydrogen) atoms. The number of carbonyl (C=O) groups excluding carboxylic acids is 1. The molecule has 5 heterocycles. The van der Waals surface area contributed by atoms with Gasteiger partial charge in [0.05, 0.1) is 5.56 Å². The van der Waals surface area contributed by atoms with Gasteiger partial charge in [0, 0.05) is 75.8 Å². The number of pyridine rings is 3. The van der Waals surface area contributed by atoms with Crippen molar-refractivity contribution in [1.82, 2.24) is 24.6 Å². The van der Waals surface area contributed by atoms with Gasteiger partial charge in [0.1, 0.15) is 5.82 Å². The van der Waals surface area contributed by atoms with E-state index >= 15 is 0 Å². The molecule has 162 valence electrons. The fourth-order valence-corrected chi connectivity index (χ4v) is 4.15. The number of aromatic nitrogens is 3. The first kappa shape index (κ1) is 20.2. The first-order valence-electron chi connectivity index (χ1n) is 10.9. The second kappa shape index (κ2) is 9.20. The number of rotatable bonds is 6. The van der Waals surface area contributed by atoms with E-state index in [-0.39, 0.29) is 5.91 Å². The average Bonchev–Trinajstić information content (AvgIpc) is 3.28. The highest BCUT2D eigenvalue weighted by Crippen LogP contribution is 2.22. The summed E-state index contributed by atoms with van der Waals surface area (Å²) in [6.45, 7) is 5.30. The zero-order chi connectivity index (χ0) is 21.8. The molecule has 0 spiro atoms. The largest absolute Gasteiger partial charge is 0.355 e. The van der Waals surface area contributed by atoms with Gasteiger partial charge in [0.15, 0.2) is 0 Å². The summed E-state index contributed by atoms with van der Waals surface area (Å²) < 4.78 is 2.12. The smallest absolute Gasteiger partial charge is 0.253 e. The zero-order valence-corrected chi connectivity index (χ0v) is 17.9. The van der Waals surface area contributed by atoms with Crippen LogP contribution < -0.4 is 10.2 Å². The third-order valence-electron chi connectivity index (χ3n) is 5.92. The van der Waals surface area contributed by atoms with E-state index in [1.807, 2.05) is 48.9 Å². The van der Waals surface area contributed by atoms with Gasteiger partial charge < -0.3 is 14.6 Å². The van der Waals surface area contributed by atoms with E-state index in [1.54, 1.807) is 12.4 Å². The molecule has 1 N–H and O–H groups in total. The molecule has 0 radical (unpaired) electrons. The Kier molecular flexibility index (Phi) is 5.81. The number of anilines is 1. The SMILES string of the molecule is O=C(NCc1ccncc1)c1ccc2ccc(N3CCN(Cc4cccnc4)CC3)n2c1. The van der Waals surface area contributed by atoms with E-state index in [0.29, 0.717) is 12.1 Å². The number of fused-ring (bicyclic) bond motifs is 1. The van der Waals surface area contributed by atoms with Crippen LogP contribution in [0.15, 0.2) is 79.5 Å². The van der Waals surface area contributed by atoms with Crippen LogP contribution in [0.1, 0.15) is 21.5 Å². The van der Waals surface area contributed by atoms with Gasteiger partial charge in [0.2, 0.25) is 0 Å². The van der Waals surface area contributed by atoms with Crippen molar-refractivity contribution in [1.29, 1.82) is 0 Å². The van der Waals surface area contributed by atoms with Gasteiger partial charge in [-0.15, -0.1) is 0 Å². The minimum atomic E-state index is -0.0790. The third kappa shape index (κ3) is 4.48. The van der Waals surface area contributed by atoms with Crippen molar-refractivity contribution in [2.45, 2.75) is 13.1 Å². The van der Waals surface area contributed by atoms with Crippen molar-refractivity contribution in [3.05, 3.63) is 96.2 Å². The van der Waals surface area contributed by atoms with E-state index in [2.05, 4.69) is 47.7 Å². The molecule has 1 amide bonds. The Hall–Kier alpha value is -3.71. The first-order valence-corrected chi connectivity index (χ1v) is 10.9. The molecule has 7 nitrogen and oxygen atoms in total. The highest BCUT2D eigenvalue weighted by molar-refractivity contribution is 5.94. The van der Waals surface area contributed by atoms with Gasteiger partial charge in [-0.3, -0.25) is 19.7 Å². The molecule has 5 rings (SSSR count). The maximum atomic E-state index is 12.7. The highest BCUT2D eigenvalue weighted by Gasteiger charge is 2.20. The second-order valence-corrected chi connectivity index (χ2v) is 8.07. The summed E-state index contributed by atoms with van der Waals surface area (Å²) in [6.07, 6.45) is 9.15. The Labute approximate surface area is 187 Å². The van der Waals surface area contributed by atoms with Crippen LogP contribution in [-0.2, 0) is 13.1 Å². The molecule has 0 unspecified atom stereocenters. The molecule has 0 saturated carbocycles. The van der Waals surface area contributed by atoms with Crippen LogP contribution in [0.25, 0.3) is 5.52 Å². The lowest BCUT2D eigenvalue weighted by Gasteiger charge is -2.35. The molecule has 1 fully saturated rings. The van der Waals surface area contributed by atoms with Crippen molar-refractivity contribution in [3.63, 3.8) is 0 Å². The standard InChI is InChI=1S/C25H26N6O/c32-25(28-17-20-7-10-26-11-8-20)22-3-4-23-5-6-24(31(23)19-22)30-14-12-29(13-15-30)18-21-2-1-9-27-16-21/h1-11,16,19H,12-15,17-18H2,(H,28,32). The highest BCUT2D eigenvalue weighted by atomic mass is 16.1. The zero-order valence-electron chi connectivity index (χ0n) is 17.9. The van der Waals surface area contributed by atoms with Crippen LogP contribution in [0.3, 0.4) is 0 Å². The summed E-state index contributed by atoms with van der Waals surface area (Å²) in [5.74, 6) is 1.05. The Balaban J connectivity index is 1.25. The Morgan fingerprint density at radius 1 is 0.875 bits per heavy atom. The summed E-state index contributed by atoms with van der Waals surface area (Å²) in [5, 5.41) is 2.99. The number of nitrogens with zero attached hydrogens (tertiary/aromatic N) is 5. The van der Waals surface area contributed by atoms with Crippen LogP contribution in [0.2, 0.25) is 0 Å². The first-order chi connectivity index (χ1) is 15.8. The molecule has 1 saturated heterocycles. The normalized spacial score (nSPS) is 14.6. The van der Waals surface area contributed by atoms with E-state index in [1.165, 1.54) is 5.56 Å². The molecule has 0 aromatic carbocycles. The summed E-state index contributed by atoms with van der Waals surface area (Å²) in [6, 6.07) is 16.1. The Morgan fingerprint density at radius 3 is 2.47 bits per heavy atom. The van der Waals surface area contributed by atoms with Crippen molar-refractivity contribution in [2.75, 3.05) is 31.1 Å². The maximum absolute atomic E-state index is 12.7. The quantitative estimate of drug-likeness (QED) is 0.514. The minimum Gasteiger partial charge on any atom is -0.355 e. The third-order valence-corrected chi connectivity index (χ3v) is 5.92. The lowest BCUT2D eigenvalue weighted by atomic mass is 10.2. The number of piperazine rings is 1. The van der Waals surface area contributed by atoms with Gasteiger partial charge in [-0.1, -0.05) is 6.07 Å². The maximum Gasteiger partial charge on any atom is 0.253 e. The van der Waals surface area contributed by atoms with E-state index in [9.17, 15) is 4.79 Å². The number of nitrogens with one attached hydrogen (secondary N) is 1. The van der Waals surface area contributed by atoms with E-state index < -0.39 is 0 Å². The van der Waals surface area contributed by atoms with Crippen LogP contribution in [0.5, 0.6) is 0 Å². The van der Waals surface area contributed by atoms with Crippen molar-refractivity contribution < 1.29 is 4.79 Å². The van der Waals surface area contributed by atoms with Crippen molar-refractivity contribution in [3.8, 4) is 0 Å². The van der Waals surface area contributed by atoms with Gasteiger partial charge in [-0.25, -0.2) is 0 Å². The average molecular weight is 427 g/mol. The monoisotopic (exact) mass is 426 g/mol. The molecule has 4 aromatic rings. The van der Waals surface area contributed by atoms with Crippen molar-refractivity contribution in [2.24, 2.45) is 0 Å². The molecular formula is C25H26N6O. The van der Waals surface area contributed by atoms with Crippen LogP contribution >= 0.6 is 0 Å². The molecule has 4 aromatic heterocycles. The Morgan fingerprint density at radius 2 is 1.69 bits per heavy atom. The summed E-state index contributed by atoms with van der Waals surface area (Å²) in [4.78, 5) is 25.8. The molecule has 1 aliphatic rings. The van der Waals surface area contributed by atoms with E-state index in [0.717, 1.165) is 49.6 Å². The minimum absolute atomic E-state index is 0.0790. The van der Waals surface area contributed by atoms with Crippen LogP contribution in [0.4, 0.5) is 5.82 Å². The van der Waals surface area contributed by atoms with E-state index in [4.69, 9.17) is 0 Å². The summed E-state index contributed by atoms with van der Waals surface area (Å²) in [5.41, 5.74) is 4.01. The second-order valence-electron chi connectivity index (χ2n) is 8.07. The van der Waals surface area contributed by atoms with Crippen LogP contribution in [-0.4, -0.2) is 51.4 Å². The van der Waals surface area contributed by atoms with Gasteiger partial charge >= 0.3 is 0 Å². The number of carbonyl (C=O) groups is 1. The predicted molar refractivity (Wildman–Crippen MR) is 125 cm³/mol. The Bertz CT molecular complexity index is 1180. The number of amides is 1.